The van der Waals surface area contributed by atoms with E-state index in [1.54, 1.807) is 6.07 Å². The third-order valence-electron chi connectivity index (χ3n) is 5.01. The molecule has 0 aromatic heterocycles. The molecule has 0 atom stereocenters. The van der Waals surface area contributed by atoms with Crippen LogP contribution in [0.5, 0.6) is 0 Å². The van der Waals surface area contributed by atoms with E-state index in [4.69, 9.17) is 0 Å². The Balaban J connectivity index is 1.97. The zero-order chi connectivity index (χ0) is 17.0. The molecule has 0 amide bonds. The minimum atomic E-state index is -0.892. The van der Waals surface area contributed by atoms with Crippen LogP contribution in [0.1, 0.15) is 10.4 Å². The van der Waals surface area contributed by atoms with E-state index in [2.05, 4.69) is 48.5 Å². The number of rotatable bonds is 1. The Morgan fingerprint density at radius 2 is 1.04 bits per heavy atom. The predicted octanol–water partition coefficient (Wildman–Crippen LogP) is 6.00. The van der Waals surface area contributed by atoms with Gasteiger partial charge in [0.25, 0.3) is 0 Å². The third-order valence-corrected chi connectivity index (χ3v) is 5.01. The lowest BCUT2D eigenvalue weighted by molar-refractivity contribution is 0.0699. The van der Waals surface area contributed by atoms with Crippen LogP contribution in [0.4, 0.5) is 0 Å². The largest absolute Gasteiger partial charge is 0.478 e. The van der Waals surface area contributed by atoms with Gasteiger partial charge in [0, 0.05) is 0 Å². The molecular formula is C23H14O2. The van der Waals surface area contributed by atoms with Crippen LogP contribution in [0.3, 0.4) is 0 Å². The molecule has 0 aliphatic carbocycles. The molecule has 118 valence electrons. The van der Waals surface area contributed by atoms with Gasteiger partial charge in [-0.2, -0.15) is 0 Å². The lowest BCUT2D eigenvalue weighted by Gasteiger charge is -2.11. The Bertz CT molecular complexity index is 1320. The summed E-state index contributed by atoms with van der Waals surface area (Å²) >= 11 is 0. The van der Waals surface area contributed by atoms with Crippen molar-refractivity contribution in [2.45, 2.75) is 0 Å². The number of benzene rings is 5. The summed E-state index contributed by atoms with van der Waals surface area (Å²) in [5.41, 5.74) is 0.345. The van der Waals surface area contributed by atoms with Crippen molar-refractivity contribution in [3.8, 4) is 0 Å². The topological polar surface area (TPSA) is 37.3 Å². The maximum Gasteiger partial charge on any atom is 0.336 e. The number of hydrogen-bond donors (Lipinski definition) is 1. The van der Waals surface area contributed by atoms with Crippen LogP contribution in [0.2, 0.25) is 0 Å². The highest BCUT2D eigenvalue weighted by atomic mass is 16.4. The Morgan fingerprint density at radius 3 is 1.76 bits per heavy atom. The summed E-state index contributed by atoms with van der Waals surface area (Å²) in [4.78, 5) is 11.5. The quantitative estimate of drug-likeness (QED) is 0.384. The standard InChI is InChI=1S/C23H14O2/c24-23(25)22-7-3-6-16-19-11-10-17-15-5-2-1-4-14(15)8-9-18(17)20(19)12-13-21(16)22/h1-13H,(H,24,25). The van der Waals surface area contributed by atoms with Crippen LogP contribution in [0, 0.1) is 0 Å². The van der Waals surface area contributed by atoms with Gasteiger partial charge in [-0.05, 0) is 49.2 Å². The molecule has 0 saturated heterocycles. The molecule has 0 unspecified atom stereocenters. The molecule has 2 nitrogen and oxygen atoms in total. The Kier molecular flexibility index (Phi) is 2.83. The van der Waals surface area contributed by atoms with Gasteiger partial charge < -0.3 is 5.11 Å². The monoisotopic (exact) mass is 322 g/mol. The van der Waals surface area contributed by atoms with Gasteiger partial charge in [-0.1, -0.05) is 72.8 Å². The fraction of sp³-hybridized carbons (Fsp3) is 0. The van der Waals surface area contributed by atoms with Crippen molar-refractivity contribution >= 4 is 49.1 Å². The first-order chi connectivity index (χ1) is 12.2. The molecule has 0 bridgehead atoms. The molecule has 0 fully saturated rings. The Labute approximate surface area is 143 Å². The molecule has 0 aliphatic rings. The molecule has 25 heavy (non-hydrogen) atoms. The number of carboxylic acid groups (broad SMARTS) is 1. The van der Waals surface area contributed by atoms with E-state index < -0.39 is 5.97 Å². The maximum absolute atomic E-state index is 11.5. The first kappa shape index (κ1) is 14.0. The Morgan fingerprint density at radius 1 is 0.520 bits per heavy atom. The molecular weight excluding hydrogens is 308 g/mol. The van der Waals surface area contributed by atoms with Crippen molar-refractivity contribution in [1.29, 1.82) is 0 Å². The average molecular weight is 322 g/mol. The van der Waals surface area contributed by atoms with Gasteiger partial charge in [0.2, 0.25) is 0 Å². The van der Waals surface area contributed by atoms with Crippen molar-refractivity contribution in [2.75, 3.05) is 0 Å². The fourth-order valence-corrected chi connectivity index (χ4v) is 3.86. The van der Waals surface area contributed by atoms with Crippen LogP contribution < -0.4 is 0 Å². The molecule has 0 radical (unpaired) electrons. The molecule has 0 heterocycles. The average Bonchev–Trinajstić information content (AvgIpc) is 2.66. The van der Waals surface area contributed by atoms with Crippen molar-refractivity contribution in [1.82, 2.24) is 0 Å². The number of fused-ring (bicyclic) bond motifs is 7. The van der Waals surface area contributed by atoms with E-state index in [1.807, 2.05) is 24.3 Å². The zero-order valence-corrected chi connectivity index (χ0v) is 13.4. The molecule has 5 aromatic rings. The fourth-order valence-electron chi connectivity index (χ4n) is 3.86. The summed E-state index contributed by atoms with van der Waals surface area (Å²) in [6, 6.07) is 26.4. The molecule has 5 rings (SSSR count). The number of carbonyl (C=O) groups is 1. The second-order valence-corrected chi connectivity index (χ2v) is 6.31. The first-order valence-corrected chi connectivity index (χ1v) is 8.23. The summed E-state index contributed by atoms with van der Waals surface area (Å²) < 4.78 is 0. The number of carboxylic acids is 1. The van der Waals surface area contributed by atoms with E-state index in [-0.39, 0.29) is 0 Å². The summed E-state index contributed by atoms with van der Waals surface area (Å²) in [6.07, 6.45) is 0. The van der Waals surface area contributed by atoms with E-state index in [9.17, 15) is 9.90 Å². The van der Waals surface area contributed by atoms with E-state index >= 15 is 0 Å². The molecule has 0 saturated carbocycles. The first-order valence-electron chi connectivity index (χ1n) is 8.23. The third kappa shape index (κ3) is 1.94. The van der Waals surface area contributed by atoms with Crippen molar-refractivity contribution in [2.24, 2.45) is 0 Å². The maximum atomic E-state index is 11.5. The number of hydrogen-bond acceptors (Lipinski definition) is 1. The summed E-state index contributed by atoms with van der Waals surface area (Å²) in [7, 11) is 0. The lowest BCUT2D eigenvalue weighted by Crippen LogP contribution is -1.97. The smallest absolute Gasteiger partial charge is 0.336 e. The van der Waals surface area contributed by atoms with E-state index in [0.717, 1.165) is 21.5 Å². The van der Waals surface area contributed by atoms with Crippen LogP contribution in [0.15, 0.2) is 78.9 Å². The highest BCUT2D eigenvalue weighted by Gasteiger charge is 2.11. The van der Waals surface area contributed by atoms with Crippen LogP contribution in [-0.2, 0) is 0 Å². The van der Waals surface area contributed by atoms with Gasteiger partial charge in [-0.25, -0.2) is 4.79 Å². The van der Waals surface area contributed by atoms with E-state index in [1.165, 1.54) is 21.5 Å². The summed E-state index contributed by atoms with van der Waals surface area (Å²) in [5, 5.41) is 18.3. The molecule has 2 heteroatoms. The minimum Gasteiger partial charge on any atom is -0.478 e. The van der Waals surface area contributed by atoms with Crippen LogP contribution in [-0.4, -0.2) is 11.1 Å². The lowest BCUT2D eigenvalue weighted by atomic mass is 9.93. The zero-order valence-electron chi connectivity index (χ0n) is 13.4. The predicted molar refractivity (Wildman–Crippen MR) is 103 cm³/mol. The Hall–Kier alpha value is -3.39. The minimum absolute atomic E-state index is 0.345. The highest BCUT2D eigenvalue weighted by Crippen LogP contribution is 2.35. The van der Waals surface area contributed by atoms with Gasteiger partial charge in [0.15, 0.2) is 0 Å². The summed E-state index contributed by atoms with van der Waals surface area (Å²) in [6.45, 7) is 0. The second kappa shape index (κ2) is 5.05. The highest BCUT2D eigenvalue weighted by molar-refractivity contribution is 6.23. The van der Waals surface area contributed by atoms with E-state index in [0.29, 0.717) is 5.56 Å². The molecule has 0 spiro atoms. The molecule has 1 N–H and O–H groups in total. The van der Waals surface area contributed by atoms with Crippen molar-refractivity contribution in [3.63, 3.8) is 0 Å². The van der Waals surface area contributed by atoms with Crippen molar-refractivity contribution in [3.05, 3.63) is 84.4 Å². The van der Waals surface area contributed by atoms with Gasteiger partial charge in [-0.3, -0.25) is 0 Å². The van der Waals surface area contributed by atoms with Crippen LogP contribution >= 0.6 is 0 Å². The van der Waals surface area contributed by atoms with Gasteiger partial charge in [-0.15, -0.1) is 0 Å². The van der Waals surface area contributed by atoms with Gasteiger partial charge in [0.1, 0.15) is 0 Å². The second-order valence-electron chi connectivity index (χ2n) is 6.31. The van der Waals surface area contributed by atoms with Crippen LogP contribution in [0.25, 0.3) is 43.1 Å². The summed E-state index contributed by atoms with van der Waals surface area (Å²) in [5.74, 6) is -0.892. The normalized spacial score (nSPS) is 11.5. The van der Waals surface area contributed by atoms with Gasteiger partial charge in [0.05, 0.1) is 5.56 Å². The van der Waals surface area contributed by atoms with Gasteiger partial charge >= 0.3 is 5.97 Å². The molecule has 5 aromatic carbocycles. The van der Waals surface area contributed by atoms with Crippen molar-refractivity contribution < 1.29 is 9.90 Å². The molecule has 0 aliphatic heterocycles. The number of aromatic carboxylic acids is 1. The SMILES string of the molecule is O=C(O)c1cccc2c1ccc1c2ccc2c3ccccc3ccc21.